The second-order valence-corrected chi connectivity index (χ2v) is 4.74. The molecule has 1 aromatic rings. The van der Waals surface area contributed by atoms with E-state index in [1.54, 1.807) is 0 Å². The lowest BCUT2D eigenvalue weighted by atomic mass is 10.3. The third-order valence-electron chi connectivity index (χ3n) is 1.66. The average molecular weight is 202 g/mol. The van der Waals surface area contributed by atoms with Gasteiger partial charge in [0.05, 0.1) is 5.75 Å². The molecule has 0 spiro atoms. The van der Waals surface area contributed by atoms with Crippen LogP contribution in [0.3, 0.4) is 0 Å². The van der Waals surface area contributed by atoms with Crippen molar-refractivity contribution in [2.24, 2.45) is 0 Å². The molecular weight excluding hydrogens is 192 g/mol. The van der Waals surface area contributed by atoms with Crippen molar-refractivity contribution >= 4 is 9.84 Å². The van der Waals surface area contributed by atoms with Gasteiger partial charge in [-0.25, -0.2) is 8.42 Å². The van der Waals surface area contributed by atoms with Crippen LogP contribution < -0.4 is 0 Å². The highest BCUT2D eigenvalue weighted by Gasteiger charge is 2.20. The number of aromatic hydroxyl groups is 2. The fraction of sp³-hybridized carbons (Fsp3) is 0.250. The summed E-state index contributed by atoms with van der Waals surface area (Å²) in [7, 11) is -3.56. The zero-order valence-electron chi connectivity index (χ0n) is 7.06. The van der Waals surface area contributed by atoms with Crippen LogP contribution in [-0.4, -0.2) is 24.4 Å². The van der Waals surface area contributed by atoms with E-state index >= 15 is 0 Å². The van der Waals surface area contributed by atoms with Gasteiger partial charge in [-0.1, -0.05) is 13.0 Å². The summed E-state index contributed by atoms with van der Waals surface area (Å²) in [4.78, 5) is -0.391. The number of phenolic OH excluding ortho intramolecular Hbond substituents is 2. The van der Waals surface area contributed by atoms with Gasteiger partial charge < -0.3 is 10.2 Å². The minimum atomic E-state index is -3.56. The second-order valence-electron chi connectivity index (χ2n) is 2.53. The Morgan fingerprint density at radius 2 is 1.69 bits per heavy atom. The van der Waals surface area contributed by atoms with Crippen molar-refractivity contribution in [3.8, 4) is 11.5 Å². The molecule has 0 aliphatic rings. The van der Waals surface area contributed by atoms with Crippen molar-refractivity contribution < 1.29 is 18.6 Å². The Hall–Kier alpha value is -1.23. The van der Waals surface area contributed by atoms with E-state index in [0.717, 1.165) is 0 Å². The van der Waals surface area contributed by atoms with Crippen LogP contribution in [0.5, 0.6) is 11.5 Å². The van der Waals surface area contributed by atoms with Crippen molar-refractivity contribution in [2.75, 3.05) is 5.75 Å². The van der Waals surface area contributed by atoms with E-state index in [1.807, 2.05) is 0 Å². The molecule has 0 saturated carbocycles. The average Bonchev–Trinajstić information content (AvgIpc) is 2.03. The van der Waals surface area contributed by atoms with E-state index in [9.17, 15) is 18.6 Å². The number of hydrogen-bond donors (Lipinski definition) is 2. The summed E-state index contributed by atoms with van der Waals surface area (Å²) in [5.41, 5.74) is 0. The van der Waals surface area contributed by atoms with Gasteiger partial charge in [0.15, 0.2) is 14.7 Å². The second kappa shape index (κ2) is 3.26. The molecule has 72 valence electrons. The lowest BCUT2D eigenvalue weighted by molar-refractivity contribution is 0.423. The molecule has 4 nitrogen and oxygen atoms in total. The molecule has 1 rings (SSSR count). The molecule has 0 aliphatic carbocycles. The molecule has 0 fully saturated rings. The Balaban J connectivity index is 3.46. The SMILES string of the molecule is CCS(=O)(=O)c1c(O)cccc1O. The summed E-state index contributed by atoms with van der Waals surface area (Å²) in [5.74, 6) is -0.985. The number of phenols is 2. The first-order chi connectivity index (χ1) is 5.99. The van der Waals surface area contributed by atoms with Gasteiger partial charge in [-0.2, -0.15) is 0 Å². The summed E-state index contributed by atoms with van der Waals surface area (Å²) >= 11 is 0. The molecule has 0 aromatic heterocycles. The quantitative estimate of drug-likeness (QED) is 0.746. The van der Waals surface area contributed by atoms with Gasteiger partial charge >= 0.3 is 0 Å². The van der Waals surface area contributed by atoms with E-state index in [4.69, 9.17) is 0 Å². The fourth-order valence-corrected chi connectivity index (χ4v) is 2.04. The molecule has 2 N–H and O–H groups in total. The number of sulfone groups is 1. The van der Waals surface area contributed by atoms with Gasteiger partial charge in [0.2, 0.25) is 0 Å². The third-order valence-corrected chi connectivity index (χ3v) is 3.46. The lowest BCUT2D eigenvalue weighted by Crippen LogP contribution is -2.04. The van der Waals surface area contributed by atoms with Crippen LogP contribution in [0.1, 0.15) is 6.92 Å². The van der Waals surface area contributed by atoms with Gasteiger partial charge in [0.25, 0.3) is 0 Å². The van der Waals surface area contributed by atoms with Crippen LogP contribution in [0.4, 0.5) is 0 Å². The van der Waals surface area contributed by atoms with E-state index in [2.05, 4.69) is 0 Å². The molecule has 13 heavy (non-hydrogen) atoms. The van der Waals surface area contributed by atoms with Gasteiger partial charge in [-0.3, -0.25) is 0 Å². The minimum Gasteiger partial charge on any atom is -0.506 e. The Morgan fingerprint density at radius 3 is 2.08 bits per heavy atom. The maximum absolute atomic E-state index is 11.3. The molecule has 0 bridgehead atoms. The van der Waals surface area contributed by atoms with Crippen LogP contribution in [0.15, 0.2) is 23.1 Å². The van der Waals surface area contributed by atoms with Crippen molar-refractivity contribution in [2.45, 2.75) is 11.8 Å². The molecule has 0 saturated heterocycles. The van der Waals surface area contributed by atoms with Crippen LogP contribution in [0.2, 0.25) is 0 Å². The smallest absolute Gasteiger partial charge is 0.185 e. The minimum absolute atomic E-state index is 0.155. The predicted octanol–water partition coefficient (Wildman–Crippen LogP) is 0.891. The standard InChI is InChI=1S/C8H10O4S/c1-2-13(11,12)8-6(9)4-3-5-7(8)10/h3-5,9-10H,2H2,1H3. The molecule has 1 aromatic carbocycles. The third kappa shape index (κ3) is 1.75. The Kier molecular flexibility index (Phi) is 2.47. The first-order valence-corrected chi connectivity index (χ1v) is 5.38. The lowest BCUT2D eigenvalue weighted by Gasteiger charge is -2.05. The Bertz CT molecular complexity index is 388. The monoisotopic (exact) mass is 202 g/mol. The van der Waals surface area contributed by atoms with Crippen LogP contribution in [-0.2, 0) is 9.84 Å². The van der Waals surface area contributed by atoms with Crippen molar-refractivity contribution in [1.29, 1.82) is 0 Å². The summed E-state index contributed by atoms with van der Waals surface area (Å²) in [6.07, 6.45) is 0. The van der Waals surface area contributed by atoms with E-state index in [0.29, 0.717) is 0 Å². The maximum atomic E-state index is 11.3. The van der Waals surface area contributed by atoms with Gasteiger partial charge in [0, 0.05) is 0 Å². The largest absolute Gasteiger partial charge is 0.506 e. The molecule has 0 aliphatic heterocycles. The zero-order valence-corrected chi connectivity index (χ0v) is 7.87. The van der Waals surface area contributed by atoms with Gasteiger partial charge in [-0.05, 0) is 12.1 Å². The summed E-state index contributed by atoms with van der Waals surface area (Å²) in [6, 6.07) is 3.82. The zero-order chi connectivity index (χ0) is 10.1. The molecule has 0 heterocycles. The van der Waals surface area contributed by atoms with Crippen LogP contribution in [0, 0.1) is 0 Å². The van der Waals surface area contributed by atoms with Crippen molar-refractivity contribution in [3.05, 3.63) is 18.2 Å². The first-order valence-electron chi connectivity index (χ1n) is 3.72. The number of hydrogen-bond acceptors (Lipinski definition) is 4. The molecule has 0 unspecified atom stereocenters. The molecule has 5 heteroatoms. The molecule has 0 atom stereocenters. The van der Waals surface area contributed by atoms with E-state index in [-0.39, 0.29) is 5.75 Å². The van der Waals surface area contributed by atoms with Crippen LogP contribution >= 0.6 is 0 Å². The Morgan fingerprint density at radius 1 is 1.23 bits per heavy atom. The normalized spacial score (nSPS) is 11.5. The highest BCUT2D eigenvalue weighted by molar-refractivity contribution is 7.91. The summed E-state index contributed by atoms with van der Waals surface area (Å²) < 4.78 is 22.6. The van der Waals surface area contributed by atoms with Gasteiger partial charge in [-0.15, -0.1) is 0 Å². The number of rotatable bonds is 2. The fourth-order valence-electron chi connectivity index (χ4n) is 0.976. The molecular formula is C8H10O4S. The Labute approximate surface area is 76.4 Å². The van der Waals surface area contributed by atoms with Crippen LogP contribution in [0.25, 0.3) is 0 Å². The predicted molar refractivity (Wildman–Crippen MR) is 47.5 cm³/mol. The van der Waals surface area contributed by atoms with Gasteiger partial charge in [0.1, 0.15) is 11.5 Å². The van der Waals surface area contributed by atoms with Crippen molar-refractivity contribution in [1.82, 2.24) is 0 Å². The molecule has 0 radical (unpaired) electrons. The topological polar surface area (TPSA) is 74.6 Å². The van der Waals surface area contributed by atoms with E-state index in [1.165, 1.54) is 25.1 Å². The first kappa shape index (κ1) is 9.85. The van der Waals surface area contributed by atoms with Crippen molar-refractivity contribution in [3.63, 3.8) is 0 Å². The highest BCUT2D eigenvalue weighted by Crippen LogP contribution is 2.31. The molecule has 0 amide bonds. The van der Waals surface area contributed by atoms with E-state index < -0.39 is 26.2 Å². The number of benzene rings is 1. The highest BCUT2D eigenvalue weighted by atomic mass is 32.2. The maximum Gasteiger partial charge on any atom is 0.185 e. The summed E-state index contributed by atoms with van der Waals surface area (Å²) in [6.45, 7) is 1.45. The summed E-state index contributed by atoms with van der Waals surface area (Å²) in [5, 5.41) is 18.4.